The zero-order valence-corrected chi connectivity index (χ0v) is 9.79. The Balaban J connectivity index is 2.02. The Hall–Kier alpha value is -1.74. The minimum Gasteiger partial charge on any atom is -0.493 e. The lowest BCUT2D eigenvalue weighted by Crippen LogP contribution is -2.33. The summed E-state index contributed by atoms with van der Waals surface area (Å²) in [5.74, 6) is 0.206. The largest absolute Gasteiger partial charge is 0.493 e. The molecule has 102 valence electrons. The van der Waals surface area contributed by atoms with E-state index in [9.17, 15) is 15.3 Å². The molecule has 0 aliphatic carbocycles. The van der Waals surface area contributed by atoms with Crippen molar-refractivity contribution in [2.45, 2.75) is 24.5 Å². The van der Waals surface area contributed by atoms with Gasteiger partial charge in [0, 0.05) is 6.20 Å². The summed E-state index contributed by atoms with van der Waals surface area (Å²) in [6, 6.07) is 1.58. The highest BCUT2D eigenvalue weighted by molar-refractivity contribution is 5.62. The van der Waals surface area contributed by atoms with E-state index in [0.717, 1.165) is 0 Å². The van der Waals surface area contributed by atoms with Crippen LogP contribution in [-0.4, -0.2) is 59.9 Å². The molecule has 19 heavy (non-hydrogen) atoms. The molecule has 1 fully saturated rings. The van der Waals surface area contributed by atoms with Gasteiger partial charge in [-0.05, 0) is 6.07 Å². The van der Waals surface area contributed by atoms with Crippen molar-refractivity contribution in [2.24, 2.45) is 0 Å². The molecule has 0 aromatic rings. The molecule has 0 bridgehead atoms. The Kier molecular flexibility index (Phi) is 2.86. The molecule has 8 nitrogen and oxygen atoms in total. The molecule has 0 amide bonds. The number of aliphatic hydroxyl groups excluding tert-OH is 3. The van der Waals surface area contributed by atoms with Gasteiger partial charge >= 0.3 is 0 Å². The van der Waals surface area contributed by atoms with Crippen molar-refractivity contribution in [1.29, 1.82) is 0 Å². The highest BCUT2D eigenvalue weighted by Gasteiger charge is 2.44. The van der Waals surface area contributed by atoms with Gasteiger partial charge in [0.15, 0.2) is 6.23 Å². The summed E-state index contributed by atoms with van der Waals surface area (Å²) >= 11 is 0. The molecule has 4 atom stereocenters. The van der Waals surface area contributed by atoms with Crippen LogP contribution in [0.25, 0.3) is 11.4 Å². The van der Waals surface area contributed by atoms with Gasteiger partial charge in [-0.25, -0.2) is 9.97 Å². The summed E-state index contributed by atoms with van der Waals surface area (Å²) in [4.78, 5) is 7.84. The van der Waals surface area contributed by atoms with Gasteiger partial charge in [-0.15, -0.1) is 0 Å². The van der Waals surface area contributed by atoms with E-state index in [-0.39, 0.29) is 5.88 Å². The molecule has 8 heteroatoms. The predicted octanol–water partition coefficient (Wildman–Crippen LogP) is -1.30. The first kappa shape index (κ1) is 12.3. The Bertz CT molecular complexity index is 559. The van der Waals surface area contributed by atoms with E-state index in [0.29, 0.717) is 11.4 Å². The number of nitrogens with zero attached hydrogens (tertiary/aromatic N) is 3. The fourth-order valence-electron chi connectivity index (χ4n) is 2.24. The first-order valence-electron chi connectivity index (χ1n) is 5.76. The number of hydrogen-bond donors (Lipinski definition) is 4. The van der Waals surface area contributed by atoms with E-state index in [1.165, 1.54) is 17.1 Å². The second-order valence-electron chi connectivity index (χ2n) is 4.39. The average molecular weight is 267 g/mol. The van der Waals surface area contributed by atoms with Crippen LogP contribution >= 0.6 is 0 Å². The molecular weight excluding hydrogens is 254 g/mol. The number of ether oxygens (including phenoxy) is 1. The Labute approximate surface area is 107 Å². The lowest BCUT2D eigenvalue weighted by atomic mass is 10.1. The highest BCUT2D eigenvalue weighted by Crippen LogP contribution is 2.35. The third-order valence-electron chi connectivity index (χ3n) is 3.26. The van der Waals surface area contributed by atoms with Crippen LogP contribution in [0.4, 0.5) is 0 Å². The lowest BCUT2D eigenvalue weighted by molar-refractivity contribution is -0.0530. The second-order valence-corrected chi connectivity index (χ2v) is 4.39. The van der Waals surface area contributed by atoms with Crippen molar-refractivity contribution < 1.29 is 25.2 Å². The van der Waals surface area contributed by atoms with Crippen molar-refractivity contribution in [3.8, 4) is 17.3 Å². The fourth-order valence-corrected chi connectivity index (χ4v) is 2.24. The van der Waals surface area contributed by atoms with Crippen LogP contribution < -0.4 is 0 Å². The van der Waals surface area contributed by atoms with Gasteiger partial charge in [-0.2, -0.15) is 0 Å². The summed E-state index contributed by atoms with van der Waals surface area (Å²) < 4.78 is 6.81. The van der Waals surface area contributed by atoms with Gasteiger partial charge < -0.3 is 25.2 Å². The van der Waals surface area contributed by atoms with Crippen LogP contribution in [0.2, 0.25) is 0 Å². The zero-order chi connectivity index (χ0) is 13.6. The number of hydrogen-bond acceptors (Lipinski definition) is 7. The van der Waals surface area contributed by atoms with Gasteiger partial charge in [0.05, 0.1) is 12.2 Å². The first-order chi connectivity index (χ1) is 9.13. The highest BCUT2D eigenvalue weighted by atomic mass is 16.6. The average Bonchev–Trinajstić information content (AvgIpc) is 2.99. The minimum atomic E-state index is -1.21. The molecule has 0 radical (unpaired) electrons. The topological polar surface area (TPSA) is 121 Å². The maximum Gasteiger partial charge on any atom is 0.223 e. The van der Waals surface area contributed by atoms with Crippen molar-refractivity contribution in [3.63, 3.8) is 0 Å². The molecular formula is C11H13N3O5. The Morgan fingerprint density at radius 1 is 1.26 bits per heavy atom. The summed E-state index contributed by atoms with van der Waals surface area (Å²) in [5, 5.41) is 38.3. The van der Waals surface area contributed by atoms with Gasteiger partial charge in [0.2, 0.25) is 5.88 Å². The molecule has 1 saturated heterocycles. The molecule has 3 aliphatic rings. The van der Waals surface area contributed by atoms with Crippen LogP contribution in [-0.2, 0) is 4.74 Å². The SMILES string of the molecule is OCC1OC(n2cnc(O)c3ccnc2-3)C(O)C1O. The predicted molar refractivity (Wildman–Crippen MR) is 61.3 cm³/mol. The van der Waals surface area contributed by atoms with Crippen molar-refractivity contribution >= 4 is 0 Å². The molecule has 4 N–H and O–H groups in total. The molecule has 0 spiro atoms. The van der Waals surface area contributed by atoms with Crippen LogP contribution in [0.15, 0.2) is 18.6 Å². The fraction of sp³-hybridized carbons (Fsp3) is 0.455. The monoisotopic (exact) mass is 267 g/mol. The summed E-state index contributed by atoms with van der Waals surface area (Å²) in [7, 11) is 0. The normalized spacial score (nSPS) is 31.1. The third kappa shape index (κ3) is 1.77. The van der Waals surface area contributed by atoms with E-state index in [4.69, 9.17) is 9.84 Å². The number of aliphatic hydroxyl groups is 3. The molecule has 3 rings (SSSR count). The molecule has 3 heterocycles. The van der Waals surface area contributed by atoms with E-state index < -0.39 is 31.1 Å². The standard InChI is InChI=1S/C11H13N3O5/c15-3-6-7(16)8(17)11(19-6)14-4-13-10(18)5-1-2-12-9(5)14/h1-2,4,6-8,11,15-18H,3H2. The maximum atomic E-state index is 9.95. The molecule has 0 aromatic carbocycles. The van der Waals surface area contributed by atoms with Gasteiger partial charge in [-0.3, -0.25) is 4.57 Å². The van der Waals surface area contributed by atoms with Crippen molar-refractivity contribution in [1.82, 2.24) is 14.5 Å². The summed E-state index contributed by atoms with van der Waals surface area (Å²) in [6.07, 6.45) is -1.44. The second kappa shape index (κ2) is 4.42. The van der Waals surface area contributed by atoms with Crippen molar-refractivity contribution in [2.75, 3.05) is 6.61 Å². The minimum absolute atomic E-state index is 0.171. The molecule has 0 aromatic heterocycles. The molecule has 0 saturated carbocycles. The number of aromatic hydroxyl groups is 1. The van der Waals surface area contributed by atoms with Crippen molar-refractivity contribution in [3.05, 3.63) is 18.6 Å². The summed E-state index contributed by atoms with van der Waals surface area (Å²) in [6.45, 7) is -0.404. The smallest absolute Gasteiger partial charge is 0.223 e. The Morgan fingerprint density at radius 3 is 2.74 bits per heavy atom. The number of rotatable bonds is 2. The molecule has 3 aliphatic heterocycles. The lowest BCUT2D eigenvalue weighted by Gasteiger charge is -2.20. The molecule has 4 unspecified atom stereocenters. The van der Waals surface area contributed by atoms with Crippen LogP contribution in [0, 0.1) is 0 Å². The number of aromatic nitrogens is 3. The first-order valence-corrected chi connectivity index (χ1v) is 5.76. The number of fused-ring (bicyclic) bond motifs is 1. The van der Waals surface area contributed by atoms with Crippen LogP contribution in [0.3, 0.4) is 0 Å². The third-order valence-corrected chi connectivity index (χ3v) is 3.26. The maximum absolute atomic E-state index is 9.95. The quantitative estimate of drug-likeness (QED) is 0.533. The van der Waals surface area contributed by atoms with E-state index in [2.05, 4.69) is 9.97 Å². The van der Waals surface area contributed by atoms with Gasteiger partial charge in [0.1, 0.15) is 30.5 Å². The van der Waals surface area contributed by atoms with Crippen LogP contribution in [0.1, 0.15) is 6.23 Å². The van der Waals surface area contributed by atoms with Crippen LogP contribution in [0.5, 0.6) is 5.88 Å². The van der Waals surface area contributed by atoms with E-state index >= 15 is 0 Å². The zero-order valence-electron chi connectivity index (χ0n) is 9.79. The van der Waals surface area contributed by atoms with Gasteiger partial charge in [0.25, 0.3) is 0 Å². The van der Waals surface area contributed by atoms with Gasteiger partial charge in [-0.1, -0.05) is 0 Å². The van der Waals surface area contributed by atoms with E-state index in [1.807, 2.05) is 0 Å². The van der Waals surface area contributed by atoms with E-state index in [1.54, 1.807) is 6.07 Å². The Morgan fingerprint density at radius 2 is 2.05 bits per heavy atom. The summed E-state index contributed by atoms with van der Waals surface area (Å²) in [5.41, 5.74) is 0.417.